The molecule has 0 saturated carbocycles. The molecular formula is C18H23NO4. The topological polar surface area (TPSA) is 63.7 Å². The van der Waals surface area contributed by atoms with E-state index in [0.717, 1.165) is 10.5 Å². The van der Waals surface area contributed by atoms with E-state index < -0.39 is 11.5 Å². The standard InChI is InChI=1S/C18H23NO4/c1-4-23-17(22)18(11-13(2)3,19-15(20)10-16(19)21)12-14-8-6-5-7-9-14/h5-9,13H,4,10-12H2,1-3H3/t18-/m1/s1. The van der Waals surface area contributed by atoms with Crippen molar-refractivity contribution >= 4 is 17.8 Å². The monoisotopic (exact) mass is 317 g/mol. The first kappa shape index (κ1) is 17.2. The third-order valence-corrected chi connectivity index (χ3v) is 3.97. The van der Waals surface area contributed by atoms with Gasteiger partial charge in [-0.3, -0.25) is 14.5 Å². The highest BCUT2D eigenvalue weighted by molar-refractivity contribution is 6.17. The zero-order valence-corrected chi connectivity index (χ0v) is 13.9. The van der Waals surface area contributed by atoms with Crippen molar-refractivity contribution in [3.63, 3.8) is 0 Å². The van der Waals surface area contributed by atoms with E-state index in [1.54, 1.807) is 6.92 Å². The number of esters is 1. The van der Waals surface area contributed by atoms with Gasteiger partial charge in [0, 0.05) is 6.42 Å². The number of nitrogens with zero attached hydrogens (tertiary/aromatic N) is 1. The van der Waals surface area contributed by atoms with Gasteiger partial charge in [-0.05, 0) is 24.8 Å². The van der Waals surface area contributed by atoms with E-state index in [2.05, 4.69) is 0 Å². The molecule has 0 spiro atoms. The van der Waals surface area contributed by atoms with Crippen LogP contribution >= 0.6 is 0 Å². The molecule has 0 aromatic heterocycles. The molecule has 1 heterocycles. The summed E-state index contributed by atoms with van der Waals surface area (Å²) in [5.74, 6) is -0.984. The number of hydrogen-bond donors (Lipinski definition) is 0. The maximum Gasteiger partial charge on any atom is 0.332 e. The summed E-state index contributed by atoms with van der Waals surface area (Å²) in [7, 11) is 0. The Bertz CT molecular complexity index is 582. The first-order chi connectivity index (χ1) is 10.9. The predicted octanol–water partition coefficient (Wildman–Crippen LogP) is 2.34. The smallest absolute Gasteiger partial charge is 0.332 e. The Morgan fingerprint density at radius 1 is 1.22 bits per heavy atom. The number of hydrogen-bond acceptors (Lipinski definition) is 4. The third-order valence-electron chi connectivity index (χ3n) is 3.97. The molecule has 5 heteroatoms. The Morgan fingerprint density at radius 2 is 1.83 bits per heavy atom. The molecule has 0 unspecified atom stereocenters. The Balaban J connectivity index is 2.46. The number of imide groups is 1. The molecule has 1 atom stereocenters. The molecular weight excluding hydrogens is 294 g/mol. The normalized spacial score (nSPS) is 17.0. The molecule has 124 valence electrons. The zero-order valence-electron chi connectivity index (χ0n) is 13.9. The summed E-state index contributed by atoms with van der Waals surface area (Å²) in [5.41, 5.74) is -0.355. The van der Waals surface area contributed by atoms with Crippen LogP contribution in [0.2, 0.25) is 0 Å². The van der Waals surface area contributed by atoms with Crippen LogP contribution in [0.25, 0.3) is 0 Å². The van der Waals surface area contributed by atoms with Crippen molar-refractivity contribution in [2.45, 2.75) is 45.6 Å². The number of likely N-dealkylation sites (tertiary alicyclic amines) is 1. The Hall–Kier alpha value is -2.17. The average molecular weight is 317 g/mol. The van der Waals surface area contributed by atoms with E-state index in [1.165, 1.54) is 0 Å². The fourth-order valence-corrected chi connectivity index (χ4v) is 3.18. The van der Waals surface area contributed by atoms with Gasteiger partial charge in [-0.25, -0.2) is 4.79 Å². The number of amides is 2. The summed E-state index contributed by atoms with van der Waals surface area (Å²) in [6.07, 6.45) is 0.536. The van der Waals surface area contributed by atoms with Crippen molar-refractivity contribution in [2.75, 3.05) is 6.61 Å². The average Bonchev–Trinajstić information content (AvgIpc) is 2.47. The van der Waals surface area contributed by atoms with Gasteiger partial charge in [0.2, 0.25) is 11.8 Å². The van der Waals surface area contributed by atoms with Gasteiger partial charge in [0.25, 0.3) is 0 Å². The first-order valence-corrected chi connectivity index (χ1v) is 7.97. The van der Waals surface area contributed by atoms with Gasteiger partial charge < -0.3 is 4.74 Å². The first-order valence-electron chi connectivity index (χ1n) is 7.97. The maximum absolute atomic E-state index is 12.8. The summed E-state index contributed by atoms with van der Waals surface area (Å²) < 4.78 is 5.25. The summed E-state index contributed by atoms with van der Waals surface area (Å²) in [4.78, 5) is 38.0. The molecule has 5 nitrogen and oxygen atoms in total. The highest BCUT2D eigenvalue weighted by Gasteiger charge is 2.55. The molecule has 0 N–H and O–H groups in total. The molecule has 0 aliphatic carbocycles. The molecule has 23 heavy (non-hydrogen) atoms. The fourth-order valence-electron chi connectivity index (χ4n) is 3.18. The SMILES string of the molecule is CCOC(=O)[C@](Cc1ccccc1)(CC(C)C)N1C(=O)CC1=O. The zero-order chi connectivity index (χ0) is 17.0. The highest BCUT2D eigenvalue weighted by atomic mass is 16.5. The minimum atomic E-state index is -1.25. The minimum absolute atomic E-state index is 0.129. The fraction of sp³-hybridized carbons (Fsp3) is 0.500. The van der Waals surface area contributed by atoms with Crippen LogP contribution in [-0.2, 0) is 25.5 Å². The van der Waals surface area contributed by atoms with Crippen LogP contribution in [0, 0.1) is 5.92 Å². The highest BCUT2D eigenvalue weighted by Crippen LogP contribution is 2.35. The largest absolute Gasteiger partial charge is 0.464 e. The van der Waals surface area contributed by atoms with Crippen LogP contribution in [0.3, 0.4) is 0 Å². The molecule has 1 aromatic rings. The van der Waals surface area contributed by atoms with Crippen molar-refractivity contribution in [3.05, 3.63) is 35.9 Å². The Kier molecular flexibility index (Phi) is 5.19. The van der Waals surface area contributed by atoms with E-state index in [1.807, 2.05) is 44.2 Å². The Morgan fingerprint density at radius 3 is 2.30 bits per heavy atom. The molecule has 2 rings (SSSR count). The lowest BCUT2D eigenvalue weighted by molar-refractivity contribution is -0.180. The molecule has 0 bridgehead atoms. The number of rotatable bonds is 7. The van der Waals surface area contributed by atoms with E-state index in [9.17, 15) is 14.4 Å². The molecule has 1 aliphatic rings. The third kappa shape index (κ3) is 3.44. The van der Waals surface area contributed by atoms with E-state index >= 15 is 0 Å². The second-order valence-corrected chi connectivity index (χ2v) is 6.31. The van der Waals surface area contributed by atoms with Gasteiger partial charge >= 0.3 is 5.97 Å². The number of ether oxygens (including phenoxy) is 1. The number of carbonyl (C=O) groups excluding carboxylic acids is 3. The van der Waals surface area contributed by atoms with Gasteiger partial charge in [-0.15, -0.1) is 0 Å². The van der Waals surface area contributed by atoms with Gasteiger partial charge in [-0.1, -0.05) is 44.2 Å². The lowest BCUT2D eigenvalue weighted by Crippen LogP contribution is -2.67. The summed E-state index contributed by atoms with van der Waals surface area (Å²) in [6.45, 7) is 5.87. The second-order valence-electron chi connectivity index (χ2n) is 6.31. The molecule has 1 aromatic carbocycles. The van der Waals surface area contributed by atoms with Crippen LogP contribution in [0.4, 0.5) is 0 Å². The maximum atomic E-state index is 12.8. The van der Waals surface area contributed by atoms with Crippen molar-refractivity contribution in [1.82, 2.24) is 4.90 Å². The lowest BCUT2D eigenvalue weighted by atomic mass is 9.79. The second kappa shape index (κ2) is 6.94. The summed E-state index contributed by atoms with van der Waals surface area (Å²) in [6, 6.07) is 9.42. The van der Waals surface area contributed by atoms with E-state index in [-0.39, 0.29) is 37.2 Å². The van der Waals surface area contributed by atoms with Crippen LogP contribution in [-0.4, -0.2) is 34.8 Å². The van der Waals surface area contributed by atoms with Crippen LogP contribution in [0.5, 0.6) is 0 Å². The van der Waals surface area contributed by atoms with E-state index in [4.69, 9.17) is 4.74 Å². The van der Waals surface area contributed by atoms with Crippen LogP contribution in [0.1, 0.15) is 39.2 Å². The molecule has 0 radical (unpaired) electrons. The van der Waals surface area contributed by atoms with Gasteiger partial charge in [0.05, 0.1) is 6.61 Å². The quantitative estimate of drug-likeness (QED) is 0.440. The predicted molar refractivity (Wildman–Crippen MR) is 85.4 cm³/mol. The lowest BCUT2D eigenvalue weighted by Gasteiger charge is -2.45. The Labute approximate surface area is 136 Å². The molecule has 1 saturated heterocycles. The molecule has 1 aliphatic heterocycles. The van der Waals surface area contributed by atoms with Gasteiger partial charge in [-0.2, -0.15) is 0 Å². The molecule has 2 amide bonds. The number of benzene rings is 1. The van der Waals surface area contributed by atoms with E-state index in [0.29, 0.717) is 6.42 Å². The van der Waals surface area contributed by atoms with Crippen molar-refractivity contribution in [1.29, 1.82) is 0 Å². The summed E-state index contributed by atoms with van der Waals surface area (Å²) >= 11 is 0. The van der Waals surface area contributed by atoms with Crippen LogP contribution in [0.15, 0.2) is 30.3 Å². The van der Waals surface area contributed by atoms with Crippen molar-refractivity contribution in [3.8, 4) is 0 Å². The number of carbonyl (C=O) groups is 3. The minimum Gasteiger partial charge on any atom is -0.464 e. The van der Waals surface area contributed by atoms with Crippen molar-refractivity contribution < 1.29 is 19.1 Å². The van der Waals surface area contributed by atoms with Crippen molar-refractivity contribution in [2.24, 2.45) is 5.92 Å². The van der Waals surface area contributed by atoms with Gasteiger partial charge in [0.1, 0.15) is 6.42 Å². The number of β-lactam (4-membered cyclic amide) rings is 2. The summed E-state index contributed by atoms with van der Waals surface area (Å²) in [5, 5.41) is 0. The molecule has 1 fully saturated rings. The van der Waals surface area contributed by atoms with Crippen LogP contribution < -0.4 is 0 Å². The van der Waals surface area contributed by atoms with Gasteiger partial charge in [0.15, 0.2) is 5.54 Å².